The Kier molecular flexibility index (Phi) is 7.67. The summed E-state index contributed by atoms with van der Waals surface area (Å²) in [6, 6.07) is 14.8. The molecular formula is C26H26FN3O4S2. The van der Waals surface area contributed by atoms with Crippen LogP contribution in [0.5, 0.6) is 0 Å². The molecule has 0 aliphatic carbocycles. The number of hydrogen-bond acceptors (Lipinski definition) is 5. The van der Waals surface area contributed by atoms with Gasteiger partial charge in [0.25, 0.3) is 15.9 Å². The lowest BCUT2D eigenvalue weighted by Crippen LogP contribution is -2.20. The summed E-state index contributed by atoms with van der Waals surface area (Å²) in [7, 11) is -4.04. The molecule has 1 amide bonds. The number of anilines is 1. The van der Waals surface area contributed by atoms with E-state index in [-0.39, 0.29) is 16.1 Å². The van der Waals surface area contributed by atoms with E-state index < -0.39 is 21.7 Å². The second-order valence-electron chi connectivity index (χ2n) is 8.16. The number of aryl methyl sites for hydroxylation is 2. The first-order valence-electron chi connectivity index (χ1n) is 11.3. The number of benzene rings is 3. The van der Waals surface area contributed by atoms with E-state index >= 15 is 0 Å². The van der Waals surface area contributed by atoms with Crippen molar-refractivity contribution in [3.8, 4) is 0 Å². The maximum atomic E-state index is 13.3. The molecule has 7 nitrogen and oxygen atoms in total. The molecule has 0 bridgehead atoms. The van der Waals surface area contributed by atoms with Crippen molar-refractivity contribution in [2.75, 3.05) is 17.9 Å². The average Bonchev–Trinajstić information content (AvgIpc) is 3.15. The normalized spacial score (nSPS) is 12.3. The molecule has 1 aromatic heterocycles. The number of nitrogens with one attached hydrogen (secondary N) is 1. The zero-order chi connectivity index (χ0) is 25.9. The fraction of sp³-hybridized carbons (Fsp3) is 0.231. The minimum absolute atomic E-state index is 0.0873. The fourth-order valence-electron chi connectivity index (χ4n) is 3.65. The van der Waals surface area contributed by atoms with Gasteiger partial charge in [-0.1, -0.05) is 23.5 Å². The first-order chi connectivity index (χ1) is 17.2. The molecule has 0 aliphatic rings. The van der Waals surface area contributed by atoms with Gasteiger partial charge in [0.15, 0.2) is 4.80 Å². The van der Waals surface area contributed by atoms with Crippen molar-refractivity contribution < 1.29 is 22.3 Å². The monoisotopic (exact) mass is 527 g/mol. The van der Waals surface area contributed by atoms with Crippen LogP contribution >= 0.6 is 11.3 Å². The molecule has 1 heterocycles. The number of hydrogen-bond donors (Lipinski definition) is 1. The van der Waals surface area contributed by atoms with Gasteiger partial charge in [0, 0.05) is 13.2 Å². The third-order valence-electron chi connectivity index (χ3n) is 5.68. The third kappa shape index (κ3) is 5.56. The Bertz CT molecular complexity index is 1590. The topological polar surface area (TPSA) is 89.8 Å². The summed E-state index contributed by atoms with van der Waals surface area (Å²) in [4.78, 5) is 18.1. The Hall–Kier alpha value is -3.34. The van der Waals surface area contributed by atoms with Crippen LogP contribution in [-0.2, 0) is 21.3 Å². The highest BCUT2D eigenvalue weighted by molar-refractivity contribution is 7.92. The van der Waals surface area contributed by atoms with E-state index in [0.29, 0.717) is 24.6 Å². The molecule has 0 saturated heterocycles. The summed E-state index contributed by atoms with van der Waals surface area (Å²) < 4.78 is 49.8. The molecule has 36 heavy (non-hydrogen) atoms. The number of aromatic nitrogens is 1. The molecule has 0 atom stereocenters. The number of ether oxygens (including phenoxy) is 1. The molecule has 3 aromatic carbocycles. The highest BCUT2D eigenvalue weighted by atomic mass is 32.2. The smallest absolute Gasteiger partial charge is 0.281 e. The van der Waals surface area contributed by atoms with Crippen molar-refractivity contribution >= 4 is 43.2 Å². The van der Waals surface area contributed by atoms with Gasteiger partial charge in [-0.2, -0.15) is 4.99 Å². The van der Waals surface area contributed by atoms with E-state index in [1.165, 1.54) is 23.5 Å². The molecule has 0 aliphatic heterocycles. The van der Waals surface area contributed by atoms with Crippen molar-refractivity contribution in [1.82, 2.24) is 4.57 Å². The Balaban J connectivity index is 1.75. The van der Waals surface area contributed by atoms with Crippen LogP contribution in [-0.4, -0.2) is 32.1 Å². The molecule has 0 spiro atoms. The summed E-state index contributed by atoms with van der Waals surface area (Å²) in [6.45, 7) is 7.54. The Labute approximate surface area is 212 Å². The maximum Gasteiger partial charge on any atom is 0.281 e. The van der Waals surface area contributed by atoms with Gasteiger partial charge in [0.2, 0.25) is 0 Å². The van der Waals surface area contributed by atoms with Crippen molar-refractivity contribution in [1.29, 1.82) is 0 Å². The Morgan fingerprint density at radius 2 is 1.78 bits per heavy atom. The summed E-state index contributed by atoms with van der Waals surface area (Å²) >= 11 is 1.39. The predicted molar refractivity (Wildman–Crippen MR) is 139 cm³/mol. The molecular weight excluding hydrogens is 501 g/mol. The first-order valence-corrected chi connectivity index (χ1v) is 13.6. The number of rotatable bonds is 8. The van der Waals surface area contributed by atoms with Gasteiger partial charge in [0.1, 0.15) is 5.82 Å². The number of thiazole rings is 1. The zero-order valence-electron chi connectivity index (χ0n) is 20.1. The lowest BCUT2D eigenvalue weighted by Gasteiger charge is -2.11. The summed E-state index contributed by atoms with van der Waals surface area (Å²) in [5, 5.41) is 0. The van der Waals surface area contributed by atoms with Crippen LogP contribution in [0.25, 0.3) is 10.2 Å². The van der Waals surface area contributed by atoms with Gasteiger partial charge in [-0.05, 0) is 80.4 Å². The van der Waals surface area contributed by atoms with Crippen LogP contribution in [0.1, 0.15) is 28.4 Å². The lowest BCUT2D eigenvalue weighted by atomic mass is 10.1. The van der Waals surface area contributed by atoms with E-state index in [1.54, 1.807) is 12.1 Å². The highest BCUT2D eigenvalue weighted by Crippen LogP contribution is 2.24. The van der Waals surface area contributed by atoms with E-state index in [2.05, 4.69) is 21.8 Å². The first kappa shape index (κ1) is 25.7. The second kappa shape index (κ2) is 10.7. The molecule has 1 N–H and O–H groups in total. The molecule has 10 heteroatoms. The largest absolute Gasteiger partial charge is 0.380 e. The van der Waals surface area contributed by atoms with E-state index in [9.17, 15) is 17.6 Å². The van der Waals surface area contributed by atoms with Crippen LogP contribution in [0, 0.1) is 19.7 Å². The molecule has 0 fully saturated rings. The van der Waals surface area contributed by atoms with Gasteiger partial charge in [-0.15, -0.1) is 0 Å². The van der Waals surface area contributed by atoms with Crippen molar-refractivity contribution in [3.63, 3.8) is 0 Å². The van der Waals surface area contributed by atoms with Crippen LogP contribution in [0.15, 0.2) is 70.6 Å². The number of halogens is 1. The number of amides is 1. The average molecular weight is 528 g/mol. The van der Waals surface area contributed by atoms with Gasteiger partial charge in [-0.25, -0.2) is 12.8 Å². The quantitative estimate of drug-likeness (QED) is 0.325. The van der Waals surface area contributed by atoms with Crippen molar-refractivity contribution in [3.05, 3.63) is 88.0 Å². The highest BCUT2D eigenvalue weighted by Gasteiger charge is 2.19. The second-order valence-corrected chi connectivity index (χ2v) is 10.9. The predicted octanol–water partition coefficient (Wildman–Crippen LogP) is 5.04. The minimum Gasteiger partial charge on any atom is -0.380 e. The SMILES string of the molecule is CCOCCn1c(=NC(=O)c2ccccc2NS(=O)(=O)c2ccc(F)cc2)sc2cc(C)c(C)cc21. The number of para-hydroxylation sites is 1. The third-order valence-corrected chi connectivity index (χ3v) is 8.11. The van der Waals surface area contributed by atoms with E-state index in [4.69, 9.17) is 4.74 Å². The standard InChI is InChI=1S/C26H26FN3O4S2/c1-4-34-14-13-30-23-15-17(2)18(3)16-24(23)35-26(30)28-25(31)21-7-5-6-8-22(21)29-36(32,33)20-11-9-19(27)10-12-20/h5-12,15-16,29H,4,13-14H2,1-3H3. The van der Waals surface area contributed by atoms with E-state index in [1.807, 2.05) is 25.3 Å². The molecule has 0 radical (unpaired) electrons. The lowest BCUT2D eigenvalue weighted by molar-refractivity contribution is 0.0997. The van der Waals surface area contributed by atoms with Gasteiger partial charge in [-0.3, -0.25) is 9.52 Å². The van der Waals surface area contributed by atoms with Crippen molar-refractivity contribution in [2.24, 2.45) is 4.99 Å². The zero-order valence-corrected chi connectivity index (χ0v) is 21.7. The van der Waals surface area contributed by atoms with Gasteiger partial charge >= 0.3 is 0 Å². The van der Waals surface area contributed by atoms with Crippen LogP contribution in [0.4, 0.5) is 10.1 Å². The van der Waals surface area contributed by atoms with E-state index in [0.717, 1.165) is 45.6 Å². The molecule has 4 rings (SSSR count). The van der Waals surface area contributed by atoms with Gasteiger partial charge in [0.05, 0.1) is 33.0 Å². The summed E-state index contributed by atoms with van der Waals surface area (Å²) in [5.74, 6) is -1.13. The Morgan fingerprint density at radius 3 is 2.50 bits per heavy atom. The summed E-state index contributed by atoms with van der Waals surface area (Å²) in [5.41, 5.74) is 3.41. The van der Waals surface area contributed by atoms with Crippen LogP contribution in [0.2, 0.25) is 0 Å². The number of fused-ring (bicyclic) bond motifs is 1. The number of sulfonamides is 1. The van der Waals surface area contributed by atoms with Crippen LogP contribution < -0.4 is 9.52 Å². The number of carbonyl (C=O) groups is 1. The molecule has 0 saturated carbocycles. The summed E-state index contributed by atoms with van der Waals surface area (Å²) in [6.07, 6.45) is 0. The maximum absolute atomic E-state index is 13.3. The van der Waals surface area contributed by atoms with Gasteiger partial charge < -0.3 is 9.30 Å². The number of nitrogens with zero attached hydrogens (tertiary/aromatic N) is 2. The number of carbonyl (C=O) groups excluding carboxylic acids is 1. The minimum atomic E-state index is -4.04. The fourth-order valence-corrected chi connectivity index (χ4v) is 5.86. The molecule has 188 valence electrons. The Morgan fingerprint density at radius 1 is 1.08 bits per heavy atom. The van der Waals surface area contributed by atoms with Crippen LogP contribution in [0.3, 0.4) is 0 Å². The van der Waals surface area contributed by atoms with Crippen molar-refractivity contribution in [2.45, 2.75) is 32.2 Å². The molecule has 4 aromatic rings. The molecule has 0 unspecified atom stereocenters.